The molecule has 0 aliphatic carbocycles. The van der Waals surface area contributed by atoms with Crippen molar-refractivity contribution < 1.29 is 44.6 Å². The van der Waals surface area contributed by atoms with Crippen molar-refractivity contribution in [3.63, 3.8) is 0 Å². The molecule has 2 atom stereocenters. The molecule has 6 rings (SSSR count). The number of sulfonamides is 2. The summed E-state index contributed by atoms with van der Waals surface area (Å²) in [6, 6.07) is 19.0. The van der Waals surface area contributed by atoms with Crippen molar-refractivity contribution in [2.45, 2.75) is 75.7 Å². The van der Waals surface area contributed by atoms with E-state index in [0.717, 1.165) is 12.1 Å². The van der Waals surface area contributed by atoms with E-state index in [1.165, 1.54) is 49.6 Å². The third-order valence-corrected chi connectivity index (χ3v) is 18.7. The number of nitrogens with two attached hydrogens (primary N) is 2. The molecule has 372 valence electrons. The van der Waals surface area contributed by atoms with E-state index in [4.69, 9.17) is 39.2 Å². The van der Waals surface area contributed by atoms with Crippen molar-refractivity contribution in [2.75, 3.05) is 63.2 Å². The Labute approximate surface area is 401 Å². The van der Waals surface area contributed by atoms with Gasteiger partial charge in [-0.3, -0.25) is 9.13 Å². The summed E-state index contributed by atoms with van der Waals surface area (Å²) < 4.78 is 94.2. The van der Waals surface area contributed by atoms with E-state index < -0.39 is 46.7 Å². The Bertz CT molecular complexity index is 2560. The van der Waals surface area contributed by atoms with Gasteiger partial charge in [0.2, 0.25) is 43.6 Å². The van der Waals surface area contributed by atoms with Gasteiger partial charge in [0, 0.05) is 42.3 Å². The standard InChI is InChI=1S/2C22H33N5O5SSi/c2*1-16(15-23)33(28,29)26(12-14-34(4,5)6)22-25-24-21(19-11-8-13-32-19)27(22)20-17(30-2)9-7-10-18(20)31-3/h2*7-11,13,16H,12,14-15,23H2,1-6H3/t2*16-/m10/s1. The Morgan fingerprint density at radius 1 is 0.559 bits per heavy atom. The fraction of sp³-hybridized carbons (Fsp3) is 0.455. The molecular formula is C44H66N10O10S2Si2. The van der Waals surface area contributed by atoms with Gasteiger partial charge in [-0.1, -0.05) is 51.4 Å². The van der Waals surface area contributed by atoms with Crippen LogP contribution in [0.15, 0.2) is 82.0 Å². The second-order valence-corrected chi connectivity index (χ2v) is 34.0. The predicted octanol–water partition coefficient (Wildman–Crippen LogP) is 6.73. The van der Waals surface area contributed by atoms with Crippen LogP contribution in [0.25, 0.3) is 34.5 Å². The fourth-order valence-corrected chi connectivity index (χ4v) is 11.6. The van der Waals surface area contributed by atoms with E-state index >= 15 is 0 Å². The Kier molecular flexibility index (Phi) is 17.4. The first-order valence-electron chi connectivity index (χ1n) is 21.9. The lowest BCUT2D eigenvalue weighted by Crippen LogP contribution is -2.44. The van der Waals surface area contributed by atoms with Gasteiger partial charge < -0.3 is 39.2 Å². The summed E-state index contributed by atoms with van der Waals surface area (Å²) in [6.07, 6.45) is 3.04. The van der Waals surface area contributed by atoms with Gasteiger partial charge in [-0.25, -0.2) is 25.4 Å². The predicted molar refractivity (Wildman–Crippen MR) is 270 cm³/mol. The second-order valence-electron chi connectivity index (χ2n) is 18.2. The van der Waals surface area contributed by atoms with Crippen LogP contribution in [0.4, 0.5) is 11.9 Å². The summed E-state index contributed by atoms with van der Waals surface area (Å²) in [5.74, 6) is 3.55. The van der Waals surface area contributed by atoms with E-state index in [2.05, 4.69) is 59.7 Å². The van der Waals surface area contributed by atoms with Gasteiger partial charge in [0.15, 0.2) is 11.5 Å². The molecule has 0 aliphatic heterocycles. The van der Waals surface area contributed by atoms with Crippen molar-refractivity contribution in [3.05, 3.63) is 73.2 Å². The first kappa shape index (κ1) is 53.3. The molecule has 68 heavy (non-hydrogen) atoms. The van der Waals surface area contributed by atoms with Crippen molar-refractivity contribution in [1.82, 2.24) is 29.5 Å². The van der Waals surface area contributed by atoms with E-state index in [9.17, 15) is 16.8 Å². The maximum atomic E-state index is 13.7. The summed E-state index contributed by atoms with van der Waals surface area (Å²) in [7, 11) is -4.82. The monoisotopic (exact) mass is 1010 g/mol. The Balaban J connectivity index is 0.000000254. The molecule has 4 aromatic heterocycles. The zero-order chi connectivity index (χ0) is 50.2. The van der Waals surface area contributed by atoms with Crippen LogP contribution in [0.3, 0.4) is 0 Å². The van der Waals surface area contributed by atoms with Crippen LogP contribution in [0.5, 0.6) is 23.0 Å². The topological polar surface area (TPSA) is 251 Å². The minimum Gasteiger partial charge on any atom is -0.494 e. The number of hydrogen-bond donors (Lipinski definition) is 2. The highest BCUT2D eigenvalue weighted by molar-refractivity contribution is 7.93. The molecule has 0 radical (unpaired) electrons. The number of anilines is 2. The largest absolute Gasteiger partial charge is 0.494 e. The van der Waals surface area contributed by atoms with Gasteiger partial charge in [-0.05, 0) is 74.5 Å². The number of ether oxygens (including phenoxy) is 4. The van der Waals surface area contributed by atoms with Gasteiger partial charge >= 0.3 is 0 Å². The van der Waals surface area contributed by atoms with Gasteiger partial charge in [0.25, 0.3) is 0 Å². The lowest BCUT2D eigenvalue weighted by atomic mass is 10.2. The molecule has 0 spiro atoms. The van der Waals surface area contributed by atoms with Crippen LogP contribution < -0.4 is 39.0 Å². The zero-order valence-electron chi connectivity index (χ0n) is 41.0. The molecule has 0 saturated heterocycles. The van der Waals surface area contributed by atoms with Crippen LogP contribution in [-0.4, -0.2) is 128 Å². The lowest BCUT2D eigenvalue weighted by molar-refractivity contribution is 0.391. The van der Waals surface area contributed by atoms with Gasteiger partial charge in [0.1, 0.15) is 34.4 Å². The van der Waals surface area contributed by atoms with Gasteiger partial charge in [0.05, 0.1) is 51.5 Å². The Morgan fingerprint density at radius 2 is 0.882 bits per heavy atom. The molecule has 0 fully saturated rings. The molecule has 0 amide bonds. The number of hydrogen-bond acceptors (Lipinski definition) is 16. The highest BCUT2D eigenvalue weighted by Gasteiger charge is 2.38. The molecule has 24 heteroatoms. The molecule has 0 saturated carbocycles. The average molecular weight is 1020 g/mol. The highest BCUT2D eigenvalue weighted by atomic mass is 32.2. The molecule has 0 bridgehead atoms. The molecule has 2 aromatic carbocycles. The minimum atomic E-state index is -3.86. The SMILES string of the molecule is COc1cccc(OC)c1-n1c(-c2ccco2)nnc1N(CC[Si](C)(C)C)S(=O)(=O)[C@@H](C)CN.COc1cccc(OC)c1-n1c(-c2ccco2)nnc1N(CC[Si](C)(C)C)S(=O)(=O)[C@H](C)CN. The van der Waals surface area contributed by atoms with Crippen molar-refractivity contribution in [3.8, 4) is 57.5 Å². The Morgan fingerprint density at radius 3 is 1.13 bits per heavy atom. The van der Waals surface area contributed by atoms with Gasteiger partial charge in [-0.2, -0.15) is 0 Å². The summed E-state index contributed by atoms with van der Waals surface area (Å²) >= 11 is 0. The summed E-state index contributed by atoms with van der Waals surface area (Å²) in [6.45, 7) is 16.7. The van der Waals surface area contributed by atoms with Crippen molar-refractivity contribution >= 4 is 48.1 Å². The van der Waals surface area contributed by atoms with Crippen LogP contribution in [-0.2, 0) is 20.0 Å². The third kappa shape index (κ3) is 11.8. The summed E-state index contributed by atoms with van der Waals surface area (Å²) in [5, 5.41) is 15.7. The first-order chi connectivity index (χ1) is 32.1. The number of furan rings is 2. The third-order valence-electron chi connectivity index (χ3n) is 10.9. The molecular weight excluding hydrogens is 949 g/mol. The van der Waals surface area contributed by atoms with E-state index in [1.807, 2.05) is 0 Å². The fourth-order valence-electron chi connectivity index (χ4n) is 6.76. The summed E-state index contributed by atoms with van der Waals surface area (Å²) in [4.78, 5) is 0. The minimum absolute atomic E-state index is 0.0249. The molecule has 0 unspecified atom stereocenters. The van der Waals surface area contributed by atoms with Crippen LogP contribution >= 0.6 is 0 Å². The van der Waals surface area contributed by atoms with Crippen molar-refractivity contribution in [1.29, 1.82) is 0 Å². The molecule has 4 N–H and O–H groups in total. The normalized spacial score (nSPS) is 13.0. The summed E-state index contributed by atoms with van der Waals surface area (Å²) in [5.41, 5.74) is 12.5. The average Bonchev–Trinajstić information content (AvgIpc) is 4.15. The van der Waals surface area contributed by atoms with E-state index in [1.54, 1.807) is 83.6 Å². The first-order valence-corrected chi connectivity index (χ1v) is 32.4. The number of aromatic nitrogens is 6. The maximum absolute atomic E-state index is 13.7. The lowest BCUT2D eigenvalue weighted by Gasteiger charge is -2.29. The second kappa shape index (κ2) is 22.2. The van der Waals surface area contributed by atoms with E-state index in [0.29, 0.717) is 57.5 Å². The van der Waals surface area contributed by atoms with E-state index in [-0.39, 0.29) is 38.1 Å². The number of rotatable bonds is 22. The van der Waals surface area contributed by atoms with Crippen molar-refractivity contribution in [2.24, 2.45) is 11.5 Å². The molecule has 20 nitrogen and oxygen atoms in total. The quantitative estimate of drug-likeness (QED) is 0.0669. The molecule has 0 aliphatic rings. The molecule has 4 heterocycles. The smallest absolute Gasteiger partial charge is 0.246 e. The van der Waals surface area contributed by atoms with Crippen LogP contribution in [0.1, 0.15) is 13.8 Å². The highest BCUT2D eigenvalue weighted by Crippen LogP contribution is 2.41. The zero-order valence-corrected chi connectivity index (χ0v) is 44.6. The van der Waals surface area contributed by atoms with Crippen LogP contribution in [0.2, 0.25) is 51.4 Å². The Hall–Kier alpha value is -5.67. The molecule has 6 aromatic rings. The van der Waals surface area contributed by atoms with Crippen LogP contribution in [0, 0.1) is 0 Å². The van der Waals surface area contributed by atoms with Gasteiger partial charge in [-0.15, -0.1) is 20.4 Å². The number of nitrogens with zero attached hydrogens (tertiary/aromatic N) is 8. The maximum Gasteiger partial charge on any atom is 0.246 e. The number of para-hydroxylation sites is 2. The number of methoxy groups -OCH3 is 4. The number of benzene rings is 2.